The third kappa shape index (κ3) is 9.08. The van der Waals surface area contributed by atoms with Crippen molar-refractivity contribution >= 4 is 5.97 Å². The number of hydrogen-bond acceptors (Lipinski definition) is 3. The summed E-state index contributed by atoms with van der Waals surface area (Å²) in [6.45, 7) is 5.68. The largest absolute Gasteiger partial charge is 0.463 e. The van der Waals surface area contributed by atoms with Crippen LogP contribution in [0.2, 0.25) is 0 Å². The number of aliphatic hydroxyl groups is 1. The molecule has 0 rings (SSSR count). The van der Waals surface area contributed by atoms with Crippen molar-refractivity contribution in [3.8, 4) is 0 Å². The lowest BCUT2D eigenvalue weighted by Crippen LogP contribution is -2.15. The Kier molecular flexibility index (Phi) is 5.39. The minimum absolute atomic E-state index is 0.393. The fourth-order valence-corrected chi connectivity index (χ4v) is 0.637. The lowest BCUT2D eigenvalue weighted by molar-refractivity contribution is -0.137. The average Bonchev–Trinajstić information content (AvgIpc) is 2.00. The van der Waals surface area contributed by atoms with Crippen LogP contribution in [0.25, 0.3) is 0 Å². The standard InChI is InChI=1S/C10H18O3/c1-4-5-8-13-9(11)6-7-10(2,3)12/h6-7,12H,4-5,8H2,1-3H3. The highest BCUT2D eigenvalue weighted by molar-refractivity contribution is 5.82. The van der Waals surface area contributed by atoms with Crippen LogP contribution < -0.4 is 0 Å². The van der Waals surface area contributed by atoms with Crippen molar-refractivity contribution in [1.29, 1.82) is 0 Å². The van der Waals surface area contributed by atoms with Crippen LogP contribution in [0.5, 0.6) is 0 Å². The molecule has 0 bridgehead atoms. The summed E-state index contributed by atoms with van der Waals surface area (Å²) >= 11 is 0. The van der Waals surface area contributed by atoms with Crippen LogP contribution in [-0.2, 0) is 9.53 Å². The highest BCUT2D eigenvalue weighted by atomic mass is 16.5. The van der Waals surface area contributed by atoms with E-state index in [0.717, 1.165) is 12.8 Å². The lowest BCUT2D eigenvalue weighted by atomic mass is 10.1. The van der Waals surface area contributed by atoms with Crippen molar-refractivity contribution in [2.75, 3.05) is 6.61 Å². The predicted octanol–water partition coefficient (Wildman–Crippen LogP) is 1.66. The van der Waals surface area contributed by atoms with Gasteiger partial charge in [0.25, 0.3) is 0 Å². The molecule has 0 fully saturated rings. The molecule has 1 N–H and O–H groups in total. The van der Waals surface area contributed by atoms with Crippen LogP contribution in [0.3, 0.4) is 0 Å². The van der Waals surface area contributed by atoms with Crippen LogP contribution in [-0.4, -0.2) is 23.3 Å². The SMILES string of the molecule is CCCCOC(=O)C=CC(C)(C)O. The van der Waals surface area contributed by atoms with E-state index in [1.54, 1.807) is 13.8 Å². The van der Waals surface area contributed by atoms with Crippen molar-refractivity contribution in [1.82, 2.24) is 0 Å². The summed E-state index contributed by atoms with van der Waals surface area (Å²) in [6, 6.07) is 0. The van der Waals surface area contributed by atoms with Gasteiger partial charge in [-0.1, -0.05) is 13.3 Å². The molecule has 0 aliphatic rings. The molecule has 3 nitrogen and oxygen atoms in total. The highest BCUT2D eigenvalue weighted by Gasteiger charge is 2.07. The van der Waals surface area contributed by atoms with Crippen LogP contribution >= 0.6 is 0 Å². The van der Waals surface area contributed by atoms with E-state index in [-0.39, 0.29) is 0 Å². The van der Waals surface area contributed by atoms with Gasteiger partial charge < -0.3 is 9.84 Å². The minimum atomic E-state index is -0.955. The molecule has 0 heterocycles. The van der Waals surface area contributed by atoms with Gasteiger partial charge in [0.15, 0.2) is 0 Å². The Morgan fingerprint density at radius 3 is 2.62 bits per heavy atom. The molecular weight excluding hydrogens is 168 g/mol. The Hall–Kier alpha value is -0.830. The third-order valence-corrected chi connectivity index (χ3v) is 1.37. The molecule has 0 spiro atoms. The quantitative estimate of drug-likeness (QED) is 0.403. The van der Waals surface area contributed by atoms with Crippen molar-refractivity contribution in [2.45, 2.75) is 39.2 Å². The summed E-state index contributed by atoms with van der Waals surface area (Å²) in [5, 5.41) is 9.24. The van der Waals surface area contributed by atoms with Gasteiger partial charge in [0.2, 0.25) is 0 Å². The molecule has 0 saturated carbocycles. The van der Waals surface area contributed by atoms with E-state index in [9.17, 15) is 9.90 Å². The second kappa shape index (κ2) is 5.75. The maximum atomic E-state index is 10.9. The first-order valence-electron chi connectivity index (χ1n) is 4.54. The Labute approximate surface area is 79.4 Å². The second-order valence-electron chi connectivity index (χ2n) is 3.51. The zero-order valence-corrected chi connectivity index (χ0v) is 8.54. The summed E-state index contributed by atoms with van der Waals surface area (Å²) in [4.78, 5) is 10.9. The van der Waals surface area contributed by atoms with E-state index < -0.39 is 11.6 Å². The van der Waals surface area contributed by atoms with Gasteiger partial charge in [-0.3, -0.25) is 0 Å². The van der Waals surface area contributed by atoms with E-state index in [2.05, 4.69) is 0 Å². The number of esters is 1. The van der Waals surface area contributed by atoms with E-state index in [0.29, 0.717) is 6.61 Å². The van der Waals surface area contributed by atoms with E-state index >= 15 is 0 Å². The number of unbranched alkanes of at least 4 members (excludes halogenated alkanes) is 1. The number of hydrogen-bond donors (Lipinski definition) is 1. The zero-order valence-electron chi connectivity index (χ0n) is 8.54. The van der Waals surface area contributed by atoms with E-state index in [1.165, 1.54) is 12.2 Å². The number of carbonyl (C=O) groups is 1. The smallest absolute Gasteiger partial charge is 0.330 e. The van der Waals surface area contributed by atoms with Crippen LogP contribution in [0, 0.1) is 0 Å². The summed E-state index contributed by atoms with van der Waals surface area (Å²) in [5.41, 5.74) is -0.955. The van der Waals surface area contributed by atoms with Crippen molar-refractivity contribution in [2.24, 2.45) is 0 Å². The second-order valence-corrected chi connectivity index (χ2v) is 3.51. The van der Waals surface area contributed by atoms with E-state index in [1.807, 2.05) is 6.92 Å². The van der Waals surface area contributed by atoms with Crippen molar-refractivity contribution < 1.29 is 14.6 Å². The molecule has 0 aliphatic carbocycles. The lowest BCUT2D eigenvalue weighted by Gasteiger charge is -2.09. The first kappa shape index (κ1) is 12.2. The Balaban J connectivity index is 3.68. The van der Waals surface area contributed by atoms with Gasteiger partial charge in [0, 0.05) is 6.08 Å². The first-order chi connectivity index (χ1) is 5.95. The van der Waals surface area contributed by atoms with E-state index in [4.69, 9.17) is 4.74 Å². The fraction of sp³-hybridized carbons (Fsp3) is 0.700. The minimum Gasteiger partial charge on any atom is -0.463 e. The van der Waals surface area contributed by atoms with Gasteiger partial charge >= 0.3 is 5.97 Å². The molecule has 0 saturated heterocycles. The Bertz CT molecular complexity index is 177. The van der Waals surface area contributed by atoms with Crippen LogP contribution in [0.4, 0.5) is 0 Å². The van der Waals surface area contributed by atoms with Crippen molar-refractivity contribution in [3.05, 3.63) is 12.2 Å². The molecule has 0 aromatic carbocycles. The first-order valence-corrected chi connectivity index (χ1v) is 4.54. The monoisotopic (exact) mass is 186 g/mol. The number of rotatable bonds is 5. The van der Waals surface area contributed by atoms with Crippen LogP contribution in [0.1, 0.15) is 33.6 Å². The molecular formula is C10H18O3. The van der Waals surface area contributed by atoms with Gasteiger partial charge in [0.1, 0.15) is 0 Å². The van der Waals surface area contributed by atoms with Gasteiger partial charge in [-0.25, -0.2) is 4.79 Å². The summed E-state index contributed by atoms with van der Waals surface area (Å²) in [6.07, 6.45) is 4.56. The van der Waals surface area contributed by atoms with Gasteiger partial charge in [-0.05, 0) is 26.3 Å². The normalized spacial score (nSPS) is 12.0. The molecule has 76 valence electrons. The molecule has 3 heteroatoms. The Morgan fingerprint density at radius 2 is 2.15 bits per heavy atom. The average molecular weight is 186 g/mol. The zero-order chi connectivity index (χ0) is 10.3. The molecule has 13 heavy (non-hydrogen) atoms. The summed E-state index contributed by atoms with van der Waals surface area (Å²) in [5.74, 6) is -0.393. The third-order valence-electron chi connectivity index (χ3n) is 1.37. The maximum Gasteiger partial charge on any atom is 0.330 e. The van der Waals surface area contributed by atoms with Crippen LogP contribution in [0.15, 0.2) is 12.2 Å². The predicted molar refractivity (Wildman–Crippen MR) is 51.3 cm³/mol. The van der Waals surface area contributed by atoms with Crippen molar-refractivity contribution in [3.63, 3.8) is 0 Å². The molecule has 0 amide bonds. The summed E-state index contributed by atoms with van der Waals surface area (Å²) in [7, 11) is 0. The van der Waals surface area contributed by atoms with Gasteiger partial charge in [-0.15, -0.1) is 0 Å². The highest BCUT2D eigenvalue weighted by Crippen LogP contribution is 2.02. The fourth-order valence-electron chi connectivity index (χ4n) is 0.637. The molecule has 0 aliphatic heterocycles. The van der Waals surface area contributed by atoms with Gasteiger partial charge in [0.05, 0.1) is 12.2 Å². The Morgan fingerprint density at radius 1 is 1.54 bits per heavy atom. The molecule has 0 aromatic rings. The maximum absolute atomic E-state index is 10.9. The van der Waals surface area contributed by atoms with Gasteiger partial charge in [-0.2, -0.15) is 0 Å². The molecule has 0 aromatic heterocycles. The molecule has 0 unspecified atom stereocenters. The number of carbonyl (C=O) groups excluding carboxylic acids is 1. The topological polar surface area (TPSA) is 46.5 Å². The molecule has 0 atom stereocenters. The molecule has 0 radical (unpaired) electrons. The number of ether oxygens (including phenoxy) is 1. The summed E-state index contributed by atoms with van der Waals surface area (Å²) < 4.78 is 4.84.